The molecule has 0 bridgehead atoms. The zero-order chi connectivity index (χ0) is 9.97. The number of piperidine rings is 1. The van der Waals surface area contributed by atoms with E-state index in [1.165, 1.54) is 31.5 Å². The summed E-state index contributed by atoms with van der Waals surface area (Å²) in [5, 5.41) is 3.56. The van der Waals surface area contributed by atoms with Gasteiger partial charge in [-0.15, -0.1) is 0 Å². The molecule has 1 fully saturated rings. The summed E-state index contributed by atoms with van der Waals surface area (Å²) in [6.07, 6.45) is 5.96. The van der Waals surface area contributed by atoms with Crippen molar-refractivity contribution in [1.82, 2.24) is 14.9 Å². The van der Waals surface area contributed by atoms with E-state index in [0.29, 0.717) is 6.04 Å². The topological polar surface area (TPSA) is 29.9 Å². The maximum Gasteiger partial charge on any atom is 0.0951 e. The number of rotatable bonds is 2. The van der Waals surface area contributed by atoms with Crippen molar-refractivity contribution in [1.29, 1.82) is 0 Å². The number of hydrogen-bond acceptors (Lipinski definition) is 2. The van der Waals surface area contributed by atoms with Gasteiger partial charge in [0, 0.05) is 18.3 Å². The third-order valence-electron chi connectivity index (χ3n) is 3.17. The molecule has 1 saturated heterocycles. The van der Waals surface area contributed by atoms with Crippen LogP contribution in [0.2, 0.25) is 0 Å². The monoisotopic (exact) mass is 193 g/mol. The molecule has 3 nitrogen and oxygen atoms in total. The largest absolute Gasteiger partial charge is 0.333 e. The Morgan fingerprint density at radius 3 is 2.93 bits per heavy atom. The molecule has 0 spiro atoms. The summed E-state index contributed by atoms with van der Waals surface area (Å²) in [6, 6.07) is 0.649. The number of nitrogens with zero attached hydrogens (tertiary/aromatic N) is 2. The molecule has 1 aromatic rings. The van der Waals surface area contributed by atoms with Crippen LogP contribution >= 0.6 is 0 Å². The summed E-state index contributed by atoms with van der Waals surface area (Å²) >= 11 is 0. The molecule has 1 unspecified atom stereocenters. The molecule has 78 valence electrons. The molecule has 1 aliphatic heterocycles. The van der Waals surface area contributed by atoms with Gasteiger partial charge in [-0.1, -0.05) is 6.42 Å². The number of aryl methyl sites for hydroxylation is 1. The summed E-state index contributed by atoms with van der Waals surface area (Å²) in [5.74, 6) is 0. The van der Waals surface area contributed by atoms with Gasteiger partial charge in [0.25, 0.3) is 0 Å². The Labute approximate surface area is 85.5 Å². The van der Waals surface area contributed by atoms with Gasteiger partial charge in [0.15, 0.2) is 0 Å². The molecule has 3 heteroatoms. The number of hydrogen-bond donors (Lipinski definition) is 1. The van der Waals surface area contributed by atoms with Gasteiger partial charge in [0.05, 0.1) is 12.0 Å². The van der Waals surface area contributed by atoms with Crippen molar-refractivity contribution in [2.75, 3.05) is 6.54 Å². The minimum Gasteiger partial charge on any atom is -0.333 e. The van der Waals surface area contributed by atoms with Crippen molar-refractivity contribution >= 4 is 0 Å². The summed E-state index contributed by atoms with van der Waals surface area (Å²) in [5.41, 5.74) is 2.46. The van der Waals surface area contributed by atoms with E-state index in [9.17, 15) is 0 Å². The van der Waals surface area contributed by atoms with Crippen LogP contribution in [-0.4, -0.2) is 22.1 Å². The average Bonchev–Trinajstić information content (AvgIpc) is 2.52. The molecule has 1 N–H and O–H groups in total. The lowest BCUT2D eigenvalue weighted by atomic mass is 10.1. The number of imidazole rings is 1. The first-order chi connectivity index (χ1) is 6.77. The van der Waals surface area contributed by atoms with Crippen LogP contribution < -0.4 is 5.32 Å². The fourth-order valence-corrected chi connectivity index (χ4v) is 2.05. The molecule has 0 amide bonds. The quantitative estimate of drug-likeness (QED) is 0.774. The second kappa shape index (κ2) is 4.13. The van der Waals surface area contributed by atoms with Crippen molar-refractivity contribution in [2.45, 2.75) is 45.7 Å². The van der Waals surface area contributed by atoms with Gasteiger partial charge in [0.2, 0.25) is 0 Å². The molecule has 0 aromatic carbocycles. The van der Waals surface area contributed by atoms with Crippen molar-refractivity contribution in [2.24, 2.45) is 0 Å². The fourth-order valence-electron chi connectivity index (χ4n) is 2.05. The summed E-state index contributed by atoms with van der Waals surface area (Å²) < 4.78 is 2.26. The van der Waals surface area contributed by atoms with E-state index in [4.69, 9.17) is 0 Å². The second-order valence-electron chi connectivity index (χ2n) is 4.21. The van der Waals surface area contributed by atoms with Crippen LogP contribution in [0.15, 0.2) is 6.33 Å². The van der Waals surface area contributed by atoms with Crippen molar-refractivity contribution in [3.05, 3.63) is 17.7 Å². The third kappa shape index (κ3) is 1.98. The predicted molar refractivity (Wildman–Crippen MR) is 57.3 cm³/mol. The van der Waals surface area contributed by atoms with Crippen LogP contribution in [0.25, 0.3) is 0 Å². The first-order valence-corrected chi connectivity index (χ1v) is 5.49. The van der Waals surface area contributed by atoms with Gasteiger partial charge >= 0.3 is 0 Å². The highest BCUT2D eigenvalue weighted by atomic mass is 15.1. The van der Waals surface area contributed by atoms with Crippen molar-refractivity contribution in [3.63, 3.8) is 0 Å². The molecule has 1 atom stereocenters. The maximum absolute atomic E-state index is 4.32. The van der Waals surface area contributed by atoms with E-state index >= 15 is 0 Å². The van der Waals surface area contributed by atoms with Gasteiger partial charge in [-0.25, -0.2) is 4.98 Å². The lowest BCUT2D eigenvalue weighted by Gasteiger charge is -2.24. The third-order valence-corrected chi connectivity index (χ3v) is 3.17. The standard InChI is InChI=1S/C11H19N3/c1-9-10(2)14(8-13-9)7-11-5-3-4-6-12-11/h8,11-12H,3-7H2,1-2H3. The Balaban J connectivity index is 1.99. The lowest BCUT2D eigenvalue weighted by molar-refractivity contribution is 0.361. The van der Waals surface area contributed by atoms with Gasteiger partial charge in [-0.05, 0) is 33.2 Å². The molecule has 1 aromatic heterocycles. The van der Waals surface area contributed by atoms with Crippen molar-refractivity contribution < 1.29 is 0 Å². The van der Waals surface area contributed by atoms with Crippen LogP contribution in [0.1, 0.15) is 30.7 Å². The molecule has 14 heavy (non-hydrogen) atoms. The molecule has 0 saturated carbocycles. The molecule has 2 rings (SSSR count). The minimum atomic E-state index is 0.649. The van der Waals surface area contributed by atoms with Crippen LogP contribution in [0, 0.1) is 13.8 Å². The van der Waals surface area contributed by atoms with Crippen LogP contribution in [-0.2, 0) is 6.54 Å². The highest BCUT2D eigenvalue weighted by Gasteiger charge is 2.13. The molecular formula is C11H19N3. The van der Waals surface area contributed by atoms with E-state index < -0.39 is 0 Å². The summed E-state index contributed by atoms with van der Waals surface area (Å²) in [6.45, 7) is 6.47. The van der Waals surface area contributed by atoms with E-state index in [2.05, 4.69) is 28.7 Å². The first kappa shape index (κ1) is 9.71. The van der Waals surface area contributed by atoms with Crippen LogP contribution in [0.3, 0.4) is 0 Å². The molecular weight excluding hydrogens is 174 g/mol. The predicted octanol–water partition coefficient (Wildman–Crippen LogP) is 1.64. The Bertz CT molecular complexity index is 297. The normalized spacial score (nSPS) is 22.6. The average molecular weight is 193 g/mol. The highest BCUT2D eigenvalue weighted by molar-refractivity contribution is 5.08. The first-order valence-electron chi connectivity index (χ1n) is 5.49. The fraction of sp³-hybridized carbons (Fsp3) is 0.727. The van der Waals surface area contributed by atoms with E-state index in [1.54, 1.807) is 0 Å². The number of aromatic nitrogens is 2. The van der Waals surface area contributed by atoms with Crippen molar-refractivity contribution in [3.8, 4) is 0 Å². The van der Waals surface area contributed by atoms with Gasteiger partial charge < -0.3 is 9.88 Å². The van der Waals surface area contributed by atoms with Crippen LogP contribution in [0.4, 0.5) is 0 Å². The lowest BCUT2D eigenvalue weighted by Crippen LogP contribution is -2.37. The Morgan fingerprint density at radius 1 is 1.50 bits per heavy atom. The van der Waals surface area contributed by atoms with E-state index in [-0.39, 0.29) is 0 Å². The van der Waals surface area contributed by atoms with E-state index in [1.807, 2.05) is 6.33 Å². The minimum absolute atomic E-state index is 0.649. The Hall–Kier alpha value is -0.830. The zero-order valence-corrected chi connectivity index (χ0v) is 9.08. The number of nitrogens with one attached hydrogen (secondary N) is 1. The van der Waals surface area contributed by atoms with Gasteiger partial charge in [-0.3, -0.25) is 0 Å². The highest BCUT2D eigenvalue weighted by Crippen LogP contribution is 2.11. The van der Waals surface area contributed by atoms with Crippen LogP contribution in [0.5, 0.6) is 0 Å². The molecule has 0 radical (unpaired) electrons. The summed E-state index contributed by atoms with van der Waals surface area (Å²) in [4.78, 5) is 4.32. The smallest absolute Gasteiger partial charge is 0.0951 e. The molecule has 0 aliphatic carbocycles. The van der Waals surface area contributed by atoms with Gasteiger partial charge in [0.1, 0.15) is 0 Å². The Kier molecular flexibility index (Phi) is 2.87. The SMILES string of the molecule is Cc1ncn(CC2CCCCN2)c1C. The molecule has 2 heterocycles. The Morgan fingerprint density at radius 2 is 2.36 bits per heavy atom. The van der Waals surface area contributed by atoms with Gasteiger partial charge in [-0.2, -0.15) is 0 Å². The molecule has 1 aliphatic rings. The second-order valence-corrected chi connectivity index (χ2v) is 4.21. The van der Waals surface area contributed by atoms with E-state index in [0.717, 1.165) is 12.2 Å². The zero-order valence-electron chi connectivity index (χ0n) is 9.08. The maximum atomic E-state index is 4.32. The summed E-state index contributed by atoms with van der Waals surface area (Å²) in [7, 11) is 0.